The molecule has 0 unspecified atom stereocenters. The van der Waals surface area contributed by atoms with Crippen LogP contribution in [0.1, 0.15) is 31.0 Å². The Kier molecular flexibility index (Phi) is 3.28. The summed E-state index contributed by atoms with van der Waals surface area (Å²) in [6, 6.07) is 6.12. The van der Waals surface area contributed by atoms with Gasteiger partial charge in [0.05, 0.1) is 7.11 Å². The molecular formula is C14H19N3O. The molecule has 4 nitrogen and oxygen atoms in total. The van der Waals surface area contributed by atoms with E-state index in [-0.39, 0.29) is 0 Å². The first-order chi connectivity index (χ1) is 8.54. The molecule has 18 heavy (non-hydrogen) atoms. The number of anilines is 1. The highest BCUT2D eigenvalue weighted by Crippen LogP contribution is 2.34. The van der Waals surface area contributed by atoms with Gasteiger partial charge in [0.25, 0.3) is 0 Å². The van der Waals surface area contributed by atoms with Crippen LogP contribution in [0.5, 0.6) is 5.75 Å². The highest BCUT2D eigenvalue weighted by Gasteiger charge is 2.14. The lowest BCUT2D eigenvalue weighted by atomic mass is 9.96. The standard InChI is InChI=1S/C14H19N3O/c1-8(2)11-7-10(5-6-12(11)18-4)13-9(3)16-17-14(13)15/h5-8H,1-4H3,(H3,15,16,17). The first-order valence-corrected chi connectivity index (χ1v) is 6.03. The van der Waals surface area contributed by atoms with E-state index in [4.69, 9.17) is 10.5 Å². The zero-order valence-corrected chi connectivity index (χ0v) is 11.2. The monoisotopic (exact) mass is 245 g/mol. The fourth-order valence-electron chi connectivity index (χ4n) is 2.15. The molecular weight excluding hydrogens is 226 g/mol. The molecule has 0 aliphatic heterocycles. The Balaban J connectivity index is 2.57. The van der Waals surface area contributed by atoms with Crippen molar-refractivity contribution in [1.82, 2.24) is 10.2 Å². The second kappa shape index (κ2) is 4.72. The first kappa shape index (κ1) is 12.5. The van der Waals surface area contributed by atoms with E-state index in [1.54, 1.807) is 7.11 Å². The van der Waals surface area contributed by atoms with Gasteiger partial charge in [-0.3, -0.25) is 5.10 Å². The third-order valence-electron chi connectivity index (χ3n) is 3.12. The fraction of sp³-hybridized carbons (Fsp3) is 0.357. The normalized spacial score (nSPS) is 10.9. The highest BCUT2D eigenvalue weighted by atomic mass is 16.5. The van der Waals surface area contributed by atoms with Crippen LogP contribution in [-0.2, 0) is 0 Å². The van der Waals surface area contributed by atoms with E-state index < -0.39 is 0 Å². The van der Waals surface area contributed by atoms with Crippen molar-refractivity contribution in [2.45, 2.75) is 26.7 Å². The van der Waals surface area contributed by atoms with Crippen LogP contribution in [0.15, 0.2) is 18.2 Å². The lowest BCUT2D eigenvalue weighted by Crippen LogP contribution is -1.96. The molecule has 3 N–H and O–H groups in total. The molecule has 96 valence electrons. The molecule has 0 saturated heterocycles. The Bertz CT molecular complexity index is 539. The Morgan fingerprint density at radius 3 is 2.56 bits per heavy atom. The maximum absolute atomic E-state index is 5.90. The van der Waals surface area contributed by atoms with Crippen LogP contribution in [0.4, 0.5) is 5.82 Å². The van der Waals surface area contributed by atoms with Gasteiger partial charge in [0.1, 0.15) is 5.75 Å². The van der Waals surface area contributed by atoms with Crippen molar-refractivity contribution in [2.75, 3.05) is 12.8 Å². The van der Waals surface area contributed by atoms with Crippen molar-refractivity contribution >= 4 is 5.82 Å². The number of hydrogen-bond acceptors (Lipinski definition) is 3. The summed E-state index contributed by atoms with van der Waals surface area (Å²) < 4.78 is 5.38. The van der Waals surface area contributed by atoms with E-state index in [0.29, 0.717) is 11.7 Å². The minimum atomic E-state index is 0.397. The van der Waals surface area contributed by atoms with Crippen molar-refractivity contribution in [3.05, 3.63) is 29.5 Å². The Morgan fingerprint density at radius 1 is 1.33 bits per heavy atom. The van der Waals surface area contributed by atoms with Crippen LogP contribution < -0.4 is 10.5 Å². The lowest BCUT2D eigenvalue weighted by Gasteiger charge is -2.13. The van der Waals surface area contributed by atoms with Gasteiger partial charge in [-0.25, -0.2) is 0 Å². The summed E-state index contributed by atoms with van der Waals surface area (Å²) in [4.78, 5) is 0. The van der Waals surface area contributed by atoms with E-state index >= 15 is 0 Å². The number of aromatic nitrogens is 2. The summed E-state index contributed by atoms with van der Waals surface area (Å²) in [7, 11) is 1.69. The molecule has 0 saturated carbocycles. The predicted octanol–water partition coefficient (Wildman–Crippen LogP) is 3.10. The molecule has 2 aromatic rings. The van der Waals surface area contributed by atoms with Gasteiger partial charge in [-0.2, -0.15) is 5.10 Å². The van der Waals surface area contributed by atoms with Crippen molar-refractivity contribution in [1.29, 1.82) is 0 Å². The summed E-state index contributed by atoms with van der Waals surface area (Å²) in [6.07, 6.45) is 0. The summed E-state index contributed by atoms with van der Waals surface area (Å²) in [5.41, 5.74) is 10.1. The lowest BCUT2D eigenvalue weighted by molar-refractivity contribution is 0.407. The summed E-state index contributed by atoms with van der Waals surface area (Å²) >= 11 is 0. The van der Waals surface area contributed by atoms with Crippen LogP contribution in [-0.4, -0.2) is 17.3 Å². The molecule has 0 bridgehead atoms. The molecule has 0 spiro atoms. The fourth-order valence-corrected chi connectivity index (χ4v) is 2.15. The van der Waals surface area contributed by atoms with Crippen LogP contribution in [0.25, 0.3) is 11.1 Å². The molecule has 1 aromatic carbocycles. The smallest absolute Gasteiger partial charge is 0.153 e. The number of H-pyrrole nitrogens is 1. The van der Waals surface area contributed by atoms with Gasteiger partial charge in [-0.1, -0.05) is 19.9 Å². The van der Waals surface area contributed by atoms with Crippen molar-refractivity contribution < 1.29 is 4.74 Å². The number of nitrogens with two attached hydrogens (primary N) is 1. The zero-order valence-electron chi connectivity index (χ0n) is 11.2. The van der Waals surface area contributed by atoms with Gasteiger partial charge in [0.2, 0.25) is 0 Å². The minimum Gasteiger partial charge on any atom is -0.496 e. The van der Waals surface area contributed by atoms with Crippen molar-refractivity contribution in [3.63, 3.8) is 0 Å². The van der Waals surface area contributed by atoms with Crippen LogP contribution >= 0.6 is 0 Å². The SMILES string of the molecule is COc1ccc(-c2c(N)n[nH]c2C)cc1C(C)C. The number of benzene rings is 1. The molecule has 0 aliphatic rings. The Hall–Kier alpha value is -1.97. The molecule has 0 radical (unpaired) electrons. The van der Waals surface area contributed by atoms with Crippen LogP contribution in [0, 0.1) is 6.92 Å². The van der Waals surface area contributed by atoms with E-state index in [9.17, 15) is 0 Å². The third kappa shape index (κ3) is 2.06. The number of rotatable bonds is 3. The summed E-state index contributed by atoms with van der Waals surface area (Å²) in [6.45, 7) is 6.26. The number of nitrogens with zero attached hydrogens (tertiary/aromatic N) is 1. The summed E-state index contributed by atoms with van der Waals surface area (Å²) in [5, 5.41) is 6.94. The molecule has 1 aromatic heterocycles. The molecule has 0 aliphatic carbocycles. The van der Waals surface area contributed by atoms with Crippen molar-refractivity contribution in [2.24, 2.45) is 0 Å². The van der Waals surface area contributed by atoms with Crippen LogP contribution in [0.2, 0.25) is 0 Å². The van der Waals surface area contributed by atoms with Gasteiger partial charge in [-0.15, -0.1) is 0 Å². The van der Waals surface area contributed by atoms with Gasteiger partial charge in [0, 0.05) is 11.3 Å². The second-order valence-corrected chi connectivity index (χ2v) is 4.72. The third-order valence-corrected chi connectivity index (χ3v) is 3.12. The average Bonchev–Trinajstić information content (AvgIpc) is 2.68. The second-order valence-electron chi connectivity index (χ2n) is 4.72. The number of aryl methyl sites for hydroxylation is 1. The topological polar surface area (TPSA) is 63.9 Å². The van der Waals surface area contributed by atoms with Crippen molar-refractivity contribution in [3.8, 4) is 16.9 Å². The van der Waals surface area contributed by atoms with Gasteiger partial charge < -0.3 is 10.5 Å². The first-order valence-electron chi connectivity index (χ1n) is 6.03. The van der Waals surface area contributed by atoms with E-state index in [0.717, 1.165) is 22.6 Å². The van der Waals surface area contributed by atoms with Crippen LogP contribution in [0.3, 0.4) is 0 Å². The van der Waals surface area contributed by atoms with E-state index in [1.807, 2.05) is 19.1 Å². The quantitative estimate of drug-likeness (QED) is 0.873. The maximum Gasteiger partial charge on any atom is 0.153 e. The number of hydrogen-bond donors (Lipinski definition) is 2. The Labute approximate surface area is 107 Å². The number of nitrogen functional groups attached to an aromatic ring is 1. The Morgan fingerprint density at radius 2 is 2.06 bits per heavy atom. The average molecular weight is 245 g/mol. The number of methoxy groups -OCH3 is 1. The highest BCUT2D eigenvalue weighted by molar-refractivity contribution is 5.77. The summed E-state index contributed by atoms with van der Waals surface area (Å²) in [5.74, 6) is 1.84. The molecule has 1 heterocycles. The van der Waals surface area contributed by atoms with Gasteiger partial charge in [0.15, 0.2) is 5.82 Å². The zero-order chi connectivity index (χ0) is 13.3. The predicted molar refractivity (Wildman–Crippen MR) is 73.8 cm³/mol. The largest absolute Gasteiger partial charge is 0.496 e. The minimum absolute atomic E-state index is 0.397. The number of aromatic amines is 1. The maximum atomic E-state index is 5.90. The molecule has 0 amide bonds. The molecule has 2 rings (SSSR count). The number of ether oxygens (including phenoxy) is 1. The van der Waals surface area contributed by atoms with E-state index in [1.165, 1.54) is 5.56 Å². The van der Waals surface area contributed by atoms with E-state index in [2.05, 4.69) is 30.1 Å². The molecule has 0 fully saturated rings. The van der Waals surface area contributed by atoms with Gasteiger partial charge in [-0.05, 0) is 36.1 Å². The molecule has 4 heteroatoms. The number of nitrogens with one attached hydrogen (secondary N) is 1. The molecule has 0 atom stereocenters. The van der Waals surface area contributed by atoms with Gasteiger partial charge >= 0.3 is 0 Å².